The number of thioether (sulfide) groups is 1. The van der Waals surface area contributed by atoms with Gasteiger partial charge in [-0.05, 0) is 37.9 Å². The first-order chi connectivity index (χ1) is 9.86. The molecule has 0 spiro atoms. The Morgan fingerprint density at radius 1 is 1.30 bits per heavy atom. The van der Waals surface area contributed by atoms with Gasteiger partial charge in [-0.3, -0.25) is 0 Å². The number of aromatic nitrogens is 1. The maximum absolute atomic E-state index is 5.77. The maximum atomic E-state index is 5.77. The Balaban J connectivity index is 1.61. The quantitative estimate of drug-likeness (QED) is 0.842. The van der Waals surface area contributed by atoms with Crippen molar-refractivity contribution in [2.45, 2.75) is 43.4 Å². The lowest BCUT2D eigenvalue weighted by molar-refractivity contribution is 0.294. The summed E-state index contributed by atoms with van der Waals surface area (Å²) in [5.41, 5.74) is 1.84. The molecule has 1 aliphatic carbocycles. The number of hydrogen-bond acceptors (Lipinski definition) is 4. The van der Waals surface area contributed by atoms with Crippen LogP contribution >= 0.6 is 11.8 Å². The van der Waals surface area contributed by atoms with Gasteiger partial charge in [-0.25, -0.2) is 4.98 Å². The second kappa shape index (κ2) is 6.64. The summed E-state index contributed by atoms with van der Waals surface area (Å²) in [5, 5.41) is 4.28. The van der Waals surface area contributed by atoms with Crippen LogP contribution in [0, 0.1) is 5.92 Å². The summed E-state index contributed by atoms with van der Waals surface area (Å²) in [6.07, 6.45) is 6.90. The molecule has 20 heavy (non-hydrogen) atoms. The van der Waals surface area contributed by atoms with E-state index in [0.717, 1.165) is 28.0 Å². The normalized spacial score (nSPS) is 18.4. The van der Waals surface area contributed by atoms with E-state index in [1.54, 1.807) is 11.8 Å². The highest BCUT2D eigenvalue weighted by atomic mass is 32.2. The third-order valence-corrected chi connectivity index (χ3v) is 5.20. The van der Waals surface area contributed by atoms with Crippen LogP contribution in [0.2, 0.25) is 0 Å². The van der Waals surface area contributed by atoms with E-state index in [1.807, 2.05) is 24.3 Å². The fourth-order valence-corrected chi connectivity index (χ4v) is 4.14. The lowest BCUT2D eigenvalue weighted by Gasteiger charge is -2.29. The van der Waals surface area contributed by atoms with Gasteiger partial charge < -0.3 is 9.73 Å². The van der Waals surface area contributed by atoms with Gasteiger partial charge in [-0.2, -0.15) is 0 Å². The molecule has 3 rings (SSSR count). The number of nitrogens with one attached hydrogen (secondary N) is 1. The maximum Gasteiger partial charge on any atom is 0.256 e. The molecule has 0 radical (unpaired) electrons. The van der Waals surface area contributed by atoms with Crippen LogP contribution in [0.4, 0.5) is 0 Å². The van der Waals surface area contributed by atoms with Crippen molar-refractivity contribution in [3.63, 3.8) is 0 Å². The minimum Gasteiger partial charge on any atom is -0.431 e. The molecular weight excluding hydrogens is 268 g/mol. The molecule has 3 nitrogen and oxygen atoms in total. The zero-order chi connectivity index (χ0) is 13.8. The van der Waals surface area contributed by atoms with Crippen molar-refractivity contribution < 1.29 is 4.42 Å². The van der Waals surface area contributed by atoms with Crippen LogP contribution in [0.3, 0.4) is 0 Å². The largest absolute Gasteiger partial charge is 0.431 e. The average molecular weight is 290 g/mol. The Labute approximate surface area is 124 Å². The minimum atomic E-state index is 0.565. The second-order valence-electron chi connectivity index (χ2n) is 5.55. The standard InChI is InChI=1S/C16H22N2OS/c1-17-14(12-7-3-2-4-8-12)11-20-16-18-13-9-5-6-10-15(13)19-16/h5-6,9-10,12,14,17H,2-4,7-8,11H2,1H3. The monoisotopic (exact) mass is 290 g/mol. The molecule has 1 N–H and O–H groups in total. The summed E-state index contributed by atoms with van der Waals surface area (Å²) < 4.78 is 5.77. The van der Waals surface area contributed by atoms with Crippen molar-refractivity contribution in [3.8, 4) is 0 Å². The van der Waals surface area contributed by atoms with Crippen LogP contribution in [0.5, 0.6) is 0 Å². The van der Waals surface area contributed by atoms with Crippen LogP contribution < -0.4 is 5.32 Å². The van der Waals surface area contributed by atoms with Crippen LogP contribution in [-0.4, -0.2) is 23.8 Å². The lowest BCUT2D eigenvalue weighted by Crippen LogP contribution is -2.36. The summed E-state index contributed by atoms with van der Waals surface area (Å²) in [6.45, 7) is 0. The number of rotatable bonds is 5. The Hall–Kier alpha value is -1.00. The molecule has 108 valence electrons. The molecule has 1 fully saturated rings. The third kappa shape index (κ3) is 3.18. The van der Waals surface area contributed by atoms with Crippen molar-refractivity contribution >= 4 is 22.9 Å². The predicted molar refractivity (Wildman–Crippen MR) is 84.2 cm³/mol. The van der Waals surface area contributed by atoms with E-state index in [0.29, 0.717) is 6.04 Å². The van der Waals surface area contributed by atoms with Gasteiger partial charge in [0.2, 0.25) is 0 Å². The molecule has 0 bridgehead atoms. The molecule has 0 saturated heterocycles. The first kappa shape index (κ1) is 14.0. The molecule has 1 saturated carbocycles. The van der Waals surface area contributed by atoms with Crippen LogP contribution in [0.15, 0.2) is 33.9 Å². The molecule has 1 heterocycles. The van der Waals surface area contributed by atoms with Gasteiger partial charge in [0.05, 0.1) is 0 Å². The molecule has 1 unspecified atom stereocenters. The van der Waals surface area contributed by atoms with Gasteiger partial charge in [0.1, 0.15) is 5.52 Å². The number of benzene rings is 1. The van der Waals surface area contributed by atoms with Crippen molar-refractivity contribution in [2.24, 2.45) is 5.92 Å². The van der Waals surface area contributed by atoms with Crippen LogP contribution in [0.1, 0.15) is 32.1 Å². The van der Waals surface area contributed by atoms with Gasteiger partial charge in [-0.15, -0.1) is 0 Å². The predicted octanol–water partition coefficient (Wildman–Crippen LogP) is 4.09. The number of oxazole rings is 1. The highest BCUT2D eigenvalue weighted by molar-refractivity contribution is 7.99. The molecule has 0 aliphatic heterocycles. The molecule has 1 aliphatic rings. The van der Waals surface area contributed by atoms with Gasteiger partial charge in [0, 0.05) is 11.8 Å². The number of nitrogens with zero attached hydrogens (tertiary/aromatic N) is 1. The molecule has 0 amide bonds. The number of fused-ring (bicyclic) bond motifs is 1. The SMILES string of the molecule is CNC(CSc1nc2ccccc2o1)C1CCCCC1. The van der Waals surface area contributed by atoms with E-state index in [2.05, 4.69) is 17.3 Å². The number of hydrogen-bond donors (Lipinski definition) is 1. The van der Waals surface area contributed by atoms with Crippen LogP contribution in [-0.2, 0) is 0 Å². The van der Waals surface area contributed by atoms with E-state index >= 15 is 0 Å². The third-order valence-electron chi connectivity index (χ3n) is 4.25. The Morgan fingerprint density at radius 3 is 2.85 bits per heavy atom. The van der Waals surface area contributed by atoms with Crippen LogP contribution in [0.25, 0.3) is 11.1 Å². The van der Waals surface area contributed by atoms with Gasteiger partial charge in [0.25, 0.3) is 5.22 Å². The second-order valence-corrected chi connectivity index (χ2v) is 6.52. The lowest BCUT2D eigenvalue weighted by atomic mass is 9.84. The summed E-state index contributed by atoms with van der Waals surface area (Å²) in [5.74, 6) is 1.85. The zero-order valence-corrected chi connectivity index (χ0v) is 12.8. The topological polar surface area (TPSA) is 38.1 Å². The number of para-hydroxylation sites is 2. The van der Waals surface area contributed by atoms with E-state index < -0.39 is 0 Å². The van der Waals surface area contributed by atoms with Gasteiger partial charge >= 0.3 is 0 Å². The first-order valence-corrected chi connectivity index (χ1v) is 8.51. The molecule has 2 aromatic rings. The highest BCUT2D eigenvalue weighted by Gasteiger charge is 2.23. The Bertz CT molecular complexity index is 515. The van der Waals surface area contributed by atoms with Crippen molar-refractivity contribution in [2.75, 3.05) is 12.8 Å². The molecule has 1 atom stereocenters. The van der Waals surface area contributed by atoms with Crippen molar-refractivity contribution in [3.05, 3.63) is 24.3 Å². The zero-order valence-electron chi connectivity index (χ0n) is 12.0. The molecule has 1 aromatic carbocycles. The summed E-state index contributed by atoms with van der Waals surface area (Å²) in [4.78, 5) is 4.53. The van der Waals surface area contributed by atoms with E-state index in [1.165, 1.54) is 32.1 Å². The van der Waals surface area contributed by atoms with E-state index in [4.69, 9.17) is 4.42 Å². The Kier molecular flexibility index (Phi) is 4.63. The molecular formula is C16H22N2OS. The molecule has 1 aromatic heterocycles. The summed E-state index contributed by atoms with van der Waals surface area (Å²) in [7, 11) is 2.08. The Morgan fingerprint density at radius 2 is 2.10 bits per heavy atom. The highest BCUT2D eigenvalue weighted by Crippen LogP contribution is 2.30. The summed E-state index contributed by atoms with van der Waals surface area (Å²) in [6, 6.07) is 8.52. The fraction of sp³-hybridized carbons (Fsp3) is 0.562. The van der Waals surface area contributed by atoms with Crippen molar-refractivity contribution in [1.82, 2.24) is 10.3 Å². The first-order valence-electron chi connectivity index (χ1n) is 7.52. The molecule has 4 heteroatoms. The van der Waals surface area contributed by atoms with Gasteiger partial charge in [-0.1, -0.05) is 43.2 Å². The van der Waals surface area contributed by atoms with Crippen molar-refractivity contribution in [1.29, 1.82) is 0 Å². The van der Waals surface area contributed by atoms with Gasteiger partial charge in [0.15, 0.2) is 5.58 Å². The fourth-order valence-electron chi connectivity index (χ4n) is 3.07. The van der Waals surface area contributed by atoms with E-state index in [-0.39, 0.29) is 0 Å². The van der Waals surface area contributed by atoms with E-state index in [9.17, 15) is 0 Å². The smallest absolute Gasteiger partial charge is 0.256 e. The average Bonchev–Trinajstić information content (AvgIpc) is 2.92. The summed E-state index contributed by atoms with van der Waals surface area (Å²) >= 11 is 1.73. The minimum absolute atomic E-state index is 0.565.